The quantitative estimate of drug-likeness (QED) is 0.803. The number of nitrogens with zero attached hydrogens (tertiary/aromatic N) is 1. The van der Waals surface area contributed by atoms with E-state index >= 15 is 0 Å². The van der Waals surface area contributed by atoms with Gasteiger partial charge in [-0.1, -0.05) is 6.07 Å². The highest BCUT2D eigenvalue weighted by molar-refractivity contribution is 7.89. The molecule has 0 radical (unpaired) electrons. The highest BCUT2D eigenvalue weighted by Gasteiger charge is 2.20. The summed E-state index contributed by atoms with van der Waals surface area (Å²) in [6.45, 7) is 2.43. The summed E-state index contributed by atoms with van der Waals surface area (Å²) in [7, 11) is -1.78. The molecular weight excluding hydrogens is 290 g/mol. The molecule has 0 aromatic carbocycles. The van der Waals surface area contributed by atoms with E-state index in [0.29, 0.717) is 31.0 Å². The number of nitrogens with one attached hydrogen (secondary N) is 2. The lowest BCUT2D eigenvalue weighted by Crippen LogP contribution is -2.26. The van der Waals surface area contributed by atoms with Crippen LogP contribution in [0.1, 0.15) is 17.2 Å². The Morgan fingerprint density at radius 3 is 2.81 bits per heavy atom. The van der Waals surface area contributed by atoms with Gasteiger partial charge in [-0.25, -0.2) is 13.1 Å². The first-order chi connectivity index (χ1) is 10.0. The van der Waals surface area contributed by atoms with Gasteiger partial charge >= 0.3 is 0 Å². The van der Waals surface area contributed by atoms with E-state index in [1.807, 2.05) is 18.2 Å². The molecule has 2 heterocycles. The van der Waals surface area contributed by atoms with Gasteiger partial charge in [-0.05, 0) is 26.1 Å². The van der Waals surface area contributed by atoms with Crippen molar-refractivity contribution < 1.29 is 12.8 Å². The lowest BCUT2D eigenvalue weighted by molar-refractivity contribution is 0.465. The zero-order valence-corrected chi connectivity index (χ0v) is 12.9. The third-order valence-electron chi connectivity index (χ3n) is 2.96. The van der Waals surface area contributed by atoms with E-state index in [-0.39, 0.29) is 4.90 Å². The first kappa shape index (κ1) is 15.7. The van der Waals surface area contributed by atoms with Crippen LogP contribution in [0.15, 0.2) is 39.8 Å². The third kappa shape index (κ3) is 4.13. The second-order valence-electron chi connectivity index (χ2n) is 4.63. The van der Waals surface area contributed by atoms with E-state index in [0.717, 1.165) is 5.69 Å². The first-order valence-corrected chi connectivity index (χ1v) is 8.15. The highest BCUT2D eigenvalue weighted by Crippen LogP contribution is 2.19. The Labute approximate surface area is 124 Å². The molecule has 2 N–H and O–H groups in total. The van der Waals surface area contributed by atoms with Crippen molar-refractivity contribution in [1.82, 2.24) is 15.0 Å². The van der Waals surface area contributed by atoms with Crippen LogP contribution in [0, 0.1) is 6.92 Å². The normalized spacial score (nSPS) is 11.7. The minimum atomic E-state index is -3.56. The van der Waals surface area contributed by atoms with Gasteiger partial charge in [0.2, 0.25) is 10.0 Å². The second kappa shape index (κ2) is 6.84. The Bertz CT molecular complexity index is 681. The number of sulfonamides is 1. The summed E-state index contributed by atoms with van der Waals surface area (Å²) in [5.74, 6) is 0.991. The summed E-state index contributed by atoms with van der Waals surface area (Å²) in [5, 5.41) is 2.92. The van der Waals surface area contributed by atoms with Gasteiger partial charge in [0.05, 0.1) is 6.54 Å². The summed E-state index contributed by atoms with van der Waals surface area (Å²) in [4.78, 5) is 4.34. The summed E-state index contributed by atoms with van der Waals surface area (Å²) in [6.07, 6.45) is 2.23. The number of furan rings is 1. The van der Waals surface area contributed by atoms with Crippen LogP contribution in [0.5, 0.6) is 0 Å². The van der Waals surface area contributed by atoms with Gasteiger partial charge in [0.1, 0.15) is 16.4 Å². The molecular formula is C14H19N3O3S. The molecule has 21 heavy (non-hydrogen) atoms. The third-order valence-corrected chi connectivity index (χ3v) is 4.53. The predicted molar refractivity (Wildman–Crippen MR) is 79.3 cm³/mol. The zero-order chi connectivity index (χ0) is 15.3. The van der Waals surface area contributed by atoms with E-state index in [9.17, 15) is 8.42 Å². The topological polar surface area (TPSA) is 84.2 Å². The van der Waals surface area contributed by atoms with Gasteiger partial charge in [-0.3, -0.25) is 4.98 Å². The number of aromatic nitrogens is 1. The molecule has 2 aromatic heterocycles. The fourth-order valence-corrected chi connectivity index (χ4v) is 3.22. The minimum Gasteiger partial charge on any atom is -0.464 e. The Kier molecular flexibility index (Phi) is 5.11. The molecule has 0 atom stereocenters. The standard InChI is InChI=1S/C14H19N3O3S/c1-11-14(9-13(20-11)10-15-2)21(18,19)17-8-6-12-5-3-4-7-16-12/h3-5,7,9,15,17H,6,8,10H2,1-2H3. The van der Waals surface area contributed by atoms with Crippen molar-refractivity contribution in [1.29, 1.82) is 0 Å². The number of rotatable bonds is 7. The molecule has 0 saturated carbocycles. The van der Waals surface area contributed by atoms with Gasteiger partial charge in [0.25, 0.3) is 0 Å². The maximum atomic E-state index is 12.2. The van der Waals surface area contributed by atoms with Gasteiger partial charge in [-0.15, -0.1) is 0 Å². The smallest absolute Gasteiger partial charge is 0.244 e. The predicted octanol–water partition coefficient (Wildman–Crippen LogP) is 1.22. The fourth-order valence-electron chi connectivity index (χ4n) is 1.99. The molecule has 0 saturated heterocycles. The fraction of sp³-hybridized carbons (Fsp3) is 0.357. The molecule has 7 heteroatoms. The maximum Gasteiger partial charge on any atom is 0.244 e. The van der Waals surface area contributed by atoms with Crippen LogP contribution >= 0.6 is 0 Å². The van der Waals surface area contributed by atoms with Gasteiger partial charge < -0.3 is 9.73 Å². The SMILES string of the molecule is CNCc1cc(S(=O)(=O)NCCc2ccccn2)c(C)o1. The molecule has 0 aliphatic carbocycles. The highest BCUT2D eigenvalue weighted by atomic mass is 32.2. The second-order valence-corrected chi connectivity index (χ2v) is 6.37. The van der Waals surface area contributed by atoms with Gasteiger partial charge in [0.15, 0.2) is 0 Å². The number of aryl methyl sites for hydroxylation is 1. The van der Waals surface area contributed by atoms with Crippen LogP contribution < -0.4 is 10.0 Å². The zero-order valence-electron chi connectivity index (χ0n) is 12.1. The molecule has 0 spiro atoms. The molecule has 114 valence electrons. The van der Waals surface area contributed by atoms with Crippen molar-refractivity contribution in [2.45, 2.75) is 24.8 Å². The van der Waals surface area contributed by atoms with Crippen molar-refractivity contribution >= 4 is 10.0 Å². The summed E-state index contributed by atoms with van der Waals surface area (Å²) in [5.41, 5.74) is 0.847. The van der Waals surface area contributed by atoms with E-state index in [1.54, 1.807) is 26.2 Å². The van der Waals surface area contributed by atoms with Gasteiger partial charge in [0, 0.05) is 30.9 Å². The monoisotopic (exact) mass is 309 g/mol. The van der Waals surface area contributed by atoms with Crippen molar-refractivity contribution in [3.05, 3.63) is 47.7 Å². The van der Waals surface area contributed by atoms with E-state index in [2.05, 4.69) is 15.0 Å². The molecule has 0 bridgehead atoms. The molecule has 6 nitrogen and oxygen atoms in total. The molecule has 0 amide bonds. The van der Waals surface area contributed by atoms with Crippen LogP contribution in [0.4, 0.5) is 0 Å². The molecule has 0 unspecified atom stereocenters. The van der Waals surface area contributed by atoms with Crippen LogP contribution in [0.3, 0.4) is 0 Å². The van der Waals surface area contributed by atoms with E-state index < -0.39 is 10.0 Å². The largest absolute Gasteiger partial charge is 0.464 e. The number of hydrogen-bond acceptors (Lipinski definition) is 5. The molecule has 0 aliphatic heterocycles. The van der Waals surface area contributed by atoms with Gasteiger partial charge in [-0.2, -0.15) is 0 Å². The Morgan fingerprint density at radius 1 is 1.33 bits per heavy atom. The summed E-state index contributed by atoms with van der Waals surface area (Å²) >= 11 is 0. The number of hydrogen-bond donors (Lipinski definition) is 2. The van der Waals surface area contributed by atoms with Crippen molar-refractivity contribution in [2.24, 2.45) is 0 Å². The van der Waals surface area contributed by atoms with Crippen molar-refractivity contribution in [2.75, 3.05) is 13.6 Å². The summed E-state index contributed by atoms with van der Waals surface area (Å²) < 4.78 is 32.5. The Morgan fingerprint density at radius 2 is 2.14 bits per heavy atom. The molecule has 0 fully saturated rings. The first-order valence-electron chi connectivity index (χ1n) is 6.66. The molecule has 2 rings (SSSR count). The van der Waals surface area contributed by atoms with Crippen LogP contribution in [-0.2, 0) is 23.0 Å². The van der Waals surface area contributed by atoms with E-state index in [1.165, 1.54) is 0 Å². The van der Waals surface area contributed by atoms with Crippen molar-refractivity contribution in [3.63, 3.8) is 0 Å². The minimum absolute atomic E-state index is 0.189. The molecule has 0 aliphatic rings. The Balaban J connectivity index is 2.01. The Hall–Kier alpha value is -1.70. The number of pyridine rings is 1. The maximum absolute atomic E-state index is 12.2. The van der Waals surface area contributed by atoms with Crippen LogP contribution in [-0.4, -0.2) is 27.0 Å². The molecule has 2 aromatic rings. The van der Waals surface area contributed by atoms with Crippen LogP contribution in [0.25, 0.3) is 0 Å². The average Bonchev–Trinajstić information content (AvgIpc) is 2.82. The van der Waals surface area contributed by atoms with Crippen molar-refractivity contribution in [3.8, 4) is 0 Å². The van der Waals surface area contributed by atoms with Crippen LogP contribution in [0.2, 0.25) is 0 Å². The lowest BCUT2D eigenvalue weighted by Gasteiger charge is -2.05. The lowest BCUT2D eigenvalue weighted by atomic mass is 10.3. The average molecular weight is 309 g/mol. The summed E-state index contributed by atoms with van der Waals surface area (Å²) in [6, 6.07) is 7.12. The van der Waals surface area contributed by atoms with E-state index in [4.69, 9.17) is 4.42 Å².